The second-order valence-corrected chi connectivity index (χ2v) is 7.58. The van der Waals surface area contributed by atoms with Crippen LogP contribution in [0.5, 0.6) is 0 Å². The summed E-state index contributed by atoms with van der Waals surface area (Å²) in [6, 6.07) is 13.6. The topological polar surface area (TPSA) is 24.9 Å². The van der Waals surface area contributed by atoms with Crippen LogP contribution in [-0.2, 0) is 13.0 Å². The van der Waals surface area contributed by atoms with Crippen LogP contribution in [0.2, 0.25) is 0 Å². The van der Waals surface area contributed by atoms with Crippen molar-refractivity contribution in [3.63, 3.8) is 0 Å². The SMILES string of the molecule is C[C@H](CCCCc1ccc(F)cc1)NCc1ccc2cnccc2c1Br. The molecule has 0 amide bonds. The van der Waals surface area contributed by atoms with E-state index >= 15 is 0 Å². The van der Waals surface area contributed by atoms with Gasteiger partial charge in [-0.05, 0) is 76.8 Å². The summed E-state index contributed by atoms with van der Waals surface area (Å²) in [5.41, 5.74) is 2.48. The van der Waals surface area contributed by atoms with Crippen molar-refractivity contribution in [3.05, 3.63) is 76.3 Å². The van der Waals surface area contributed by atoms with Crippen molar-refractivity contribution < 1.29 is 4.39 Å². The molecule has 1 atom stereocenters. The number of hydrogen-bond acceptors (Lipinski definition) is 2. The molecule has 4 heteroatoms. The monoisotopic (exact) mass is 414 g/mol. The molecular weight excluding hydrogens is 391 g/mol. The van der Waals surface area contributed by atoms with Crippen LogP contribution in [0.25, 0.3) is 10.8 Å². The van der Waals surface area contributed by atoms with Gasteiger partial charge in [-0.3, -0.25) is 4.98 Å². The number of nitrogens with zero attached hydrogens (tertiary/aromatic N) is 1. The first-order chi connectivity index (χ1) is 12.6. The van der Waals surface area contributed by atoms with Crippen LogP contribution in [0.4, 0.5) is 4.39 Å². The van der Waals surface area contributed by atoms with Crippen LogP contribution in [0.1, 0.15) is 37.3 Å². The van der Waals surface area contributed by atoms with Crippen molar-refractivity contribution >= 4 is 26.7 Å². The van der Waals surface area contributed by atoms with Gasteiger partial charge < -0.3 is 5.32 Å². The van der Waals surface area contributed by atoms with Gasteiger partial charge in [-0.15, -0.1) is 0 Å². The average Bonchev–Trinajstić information content (AvgIpc) is 2.66. The van der Waals surface area contributed by atoms with Crippen molar-refractivity contribution in [1.29, 1.82) is 0 Å². The molecule has 136 valence electrons. The molecule has 2 nitrogen and oxygen atoms in total. The van der Waals surface area contributed by atoms with E-state index in [9.17, 15) is 4.39 Å². The highest BCUT2D eigenvalue weighted by Crippen LogP contribution is 2.27. The van der Waals surface area contributed by atoms with E-state index < -0.39 is 0 Å². The highest BCUT2D eigenvalue weighted by atomic mass is 79.9. The zero-order valence-electron chi connectivity index (χ0n) is 15.0. The van der Waals surface area contributed by atoms with E-state index in [1.165, 1.54) is 28.6 Å². The molecule has 0 aliphatic rings. The Morgan fingerprint density at radius 3 is 2.69 bits per heavy atom. The van der Waals surface area contributed by atoms with Gasteiger partial charge in [0.1, 0.15) is 5.82 Å². The Hall–Kier alpha value is -1.78. The average molecular weight is 415 g/mol. The Kier molecular flexibility index (Phi) is 6.75. The molecule has 1 heterocycles. The Balaban J connectivity index is 1.43. The third-order valence-corrected chi connectivity index (χ3v) is 5.68. The van der Waals surface area contributed by atoms with Crippen LogP contribution in [-0.4, -0.2) is 11.0 Å². The maximum Gasteiger partial charge on any atom is 0.123 e. The second kappa shape index (κ2) is 9.24. The molecule has 26 heavy (non-hydrogen) atoms. The van der Waals surface area contributed by atoms with E-state index in [1.807, 2.05) is 30.6 Å². The molecular formula is C22H24BrFN2. The maximum atomic E-state index is 12.9. The molecule has 1 N–H and O–H groups in total. The number of halogens is 2. The molecule has 0 aliphatic heterocycles. The molecule has 0 spiro atoms. The summed E-state index contributed by atoms with van der Waals surface area (Å²) in [6.45, 7) is 3.08. The molecule has 0 radical (unpaired) electrons. The smallest absolute Gasteiger partial charge is 0.123 e. The minimum Gasteiger partial charge on any atom is -0.310 e. The van der Waals surface area contributed by atoms with Crippen molar-refractivity contribution in [2.45, 2.75) is 45.2 Å². The zero-order chi connectivity index (χ0) is 18.4. The lowest BCUT2D eigenvalue weighted by Gasteiger charge is -2.15. The minimum atomic E-state index is -0.164. The standard InChI is InChI=1S/C22H24BrFN2/c1-16(4-2-3-5-17-6-10-20(24)11-7-17)26-15-19-9-8-18-14-25-13-12-21(18)22(19)23/h6-14,16,26H,2-5,15H2,1H3/t16-/m1/s1. The van der Waals surface area contributed by atoms with E-state index in [2.05, 4.69) is 45.3 Å². The van der Waals surface area contributed by atoms with Gasteiger partial charge >= 0.3 is 0 Å². The quantitative estimate of drug-likeness (QED) is 0.455. The molecule has 1 aromatic heterocycles. The number of unbranched alkanes of at least 4 members (excludes halogenated alkanes) is 1. The largest absolute Gasteiger partial charge is 0.310 e. The third-order valence-electron chi connectivity index (χ3n) is 4.74. The fourth-order valence-electron chi connectivity index (χ4n) is 3.13. The van der Waals surface area contributed by atoms with Crippen molar-refractivity contribution in [2.24, 2.45) is 0 Å². The van der Waals surface area contributed by atoms with Crippen molar-refractivity contribution in [1.82, 2.24) is 10.3 Å². The van der Waals surface area contributed by atoms with Gasteiger partial charge in [0.15, 0.2) is 0 Å². The summed E-state index contributed by atoms with van der Waals surface area (Å²) < 4.78 is 14.1. The van der Waals surface area contributed by atoms with Gasteiger partial charge in [-0.2, -0.15) is 0 Å². The predicted molar refractivity (Wildman–Crippen MR) is 110 cm³/mol. The third kappa shape index (κ3) is 5.12. The fourth-order valence-corrected chi connectivity index (χ4v) is 3.76. The van der Waals surface area contributed by atoms with Crippen molar-refractivity contribution in [2.75, 3.05) is 0 Å². The number of fused-ring (bicyclic) bond motifs is 1. The van der Waals surface area contributed by atoms with Gasteiger partial charge in [0.25, 0.3) is 0 Å². The Labute approximate surface area is 163 Å². The summed E-state index contributed by atoms with van der Waals surface area (Å²) in [7, 11) is 0. The fraction of sp³-hybridized carbons (Fsp3) is 0.318. The number of nitrogens with one attached hydrogen (secondary N) is 1. The Morgan fingerprint density at radius 2 is 1.88 bits per heavy atom. The lowest BCUT2D eigenvalue weighted by molar-refractivity contribution is 0.488. The number of aryl methyl sites for hydroxylation is 1. The van der Waals surface area contributed by atoms with E-state index in [1.54, 1.807) is 0 Å². The van der Waals surface area contributed by atoms with Gasteiger partial charge in [-0.25, -0.2) is 4.39 Å². The molecule has 0 unspecified atom stereocenters. The summed E-state index contributed by atoms with van der Waals surface area (Å²) in [6.07, 6.45) is 8.16. The number of hydrogen-bond donors (Lipinski definition) is 1. The van der Waals surface area contributed by atoms with Crippen LogP contribution in [0.15, 0.2) is 59.3 Å². The Morgan fingerprint density at radius 1 is 1.08 bits per heavy atom. The number of benzene rings is 2. The van der Waals surface area contributed by atoms with Crippen LogP contribution < -0.4 is 5.32 Å². The summed E-state index contributed by atoms with van der Waals surface area (Å²) in [5.74, 6) is -0.164. The van der Waals surface area contributed by atoms with E-state index in [4.69, 9.17) is 0 Å². The highest BCUT2D eigenvalue weighted by molar-refractivity contribution is 9.10. The molecule has 0 saturated carbocycles. The molecule has 0 saturated heterocycles. The van der Waals surface area contributed by atoms with Gasteiger partial charge in [0.05, 0.1) is 0 Å². The van der Waals surface area contributed by atoms with Crippen LogP contribution >= 0.6 is 15.9 Å². The molecule has 0 bridgehead atoms. The molecule has 0 fully saturated rings. The molecule has 2 aromatic carbocycles. The first kappa shape index (κ1) is 19.0. The van der Waals surface area contributed by atoms with Gasteiger partial charge in [0.2, 0.25) is 0 Å². The predicted octanol–water partition coefficient (Wildman–Crippen LogP) is 6.03. The molecule has 3 rings (SSSR count). The van der Waals surface area contributed by atoms with E-state index in [-0.39, 0.29) is 5.82 Å². The summed E-state index contributed by atoms with van der Waals surface area (Å²) in [5, 5.41) is 5.97. The first-order valence-electron chi connectivity index (χ1n) is 9.12. The van der Waals surface area contributed by atoms with E-state index in [0.717, 1.165) is 42.1 Å². The Bertz CT molecular complexity index is 848. The highest BCUT2D eigenvalue weighted by Gasteiger charge is 2.07. The first-order valence-corrected chi connectivity index (χ1v) is 9.92. The summed E-state index contributed by atoms with van der Waals surface area (Å²) >= 11 is 3.73. The molecule has 3 aromatic rings. The lowest BCUT2D eigenvalue weighted by atomic mass is 10.0. The second-order valence-electron chi connectivity index (χ2n) is 6.79. The number of pyridine rings is 1. The van der Waals surface area contributed by atoms with E-state index in [0.29, 0.717) is 6.04 Å². The number of rotatable bonds is 8. The van der Waals surface area contributed by atoms with Gasteiger partial charge in [0, 0.05) is 34.8 Å². The zero-order valence-corrected chi connectivity index (χ0v) is 16.6. The van der Waals surface area contributed by atoms with Crippen molar-refractivity contribution in [3.8, 4) is 0 Å². The van der Waals surface area contributed by atoms with Gasteiger partial charge in [-0.1, -0.05) is 30.7 Å². The summed E-state index contributed by atoms with van der Waals surface area (Å²) in [4.78, 5) is 4.17. The number of aromatic nitrogens is 1. The maximum absolute atomic E-state index is 12.9. The normalized spacial score (nSPS) is 12.4. The van der Waals surface area contributed by atoms with Crippen LogP contribution in [0, 0.1) is 5.82 Å². The lowest BCUT2D eigenvalue weighted by Crippen LogP contribution is -2.25. The molecule has 0 aliphatic carbocycles. The van der Waals surface area contributed by atoms with Crippen LogP contribution in [0.3, 0.4) is 0 Å². The minimum absolute atomic E-state index is 0.164.